The zero-order valence-electron chi connectivity index (χ0n) is 7.98. The molecular formula is C11H13NO2. The molecule has 0 unspecified atom stereocenters. The van der Waals surface area contributed by atoms with E-state index in [0.717, 1.165) is 5.56 Å². The van der Waals surface area contributed by atoms with Gasteiger partial charge in [0.2, 0.25) is 6.54 Å². The lowest BCUT2D eigenvalue weighted by molar-refractivity contribution is -0.479. The monoisotopic (exact) mass is 191 g/mol. The van der Waals surface area contributed by atoms with Crippen LogP contribution in [0.1, 0.15) is 29.9 Å². The zero-order chi connectivity index (χ0) is 9.97. The molecule has 0 aliphatic heterocycles. The number of benzene rings is 1. The molecule has 0 spiro atoms. The van der Waals surface area contributed by atoms with E-state index in [-0.39, 0.29) is 11.5 Å². The molecule has 0 amide bonds. The van der Waals surface area contributed by atoms with Crippen molar-refractivity contribution in [3.05, 3.63) is 45.5 Å². The first-order valence-electron chi connectivity index (χ1n) is 4.97. The lowest BCUT2D eigenvalue weighted by atomic mass is 10.0. The molecule has 1 saturated carbocycles. The van der Waals surface area contributed by atoms with Gasteiger partial charge in [-0.1, -0.05) is 24.3 Å². The van der Waals surface area contributed by atoms with Crippen LogP contribution in [0.4, 0.5) is 0 Å². The molecule has 14 heavy (non-hydrogen) atoms. The molecule has 0 bridgehead atoms. The minimum absolute atomic E-state index is 0.0454. The number of nitrogens with zero attached hydrogens (tertiary/aromatic N) is 1. The van der Waals surface area contributed by atoms with Gasteiger partial charge in [0.1, 0.15) is 0 Å². The van der Waals surface area contributed by atoms with Gasteiger partial charge in [-0.3, -0.25) is 10.1 Å². The van der Waals surface area contributed by atoms with Crippen LogP contribution < -0.4 is 0 Å². The number of rotatable bonds is 4. The second-order valence-electron chi connectivity index (χ2n) is 3.78. The molecule has 0 atom stereocenters. The smallest absolute Gasteiger partial charge is 0.207 e. The maximum atomic E-state index is 10.3. The molecule has 0 radical (unpaired) electrons. The van der Waals surface area contributed by atoms with E-state index in [1.54, 1.807) is 0 Å². The normalized spacial score (nSPS) is 15.4. The van der Waals surface area contributed by atoms with E-state index in [4.69, 9.17) is 0 Å². The average molecular weight is 191 g/mol. The second kappa shape index (κ2) is 3.78. The fraction of sp³-hybridized carbons (Fsp3) is 0.455. The van der Waals surface area contributed by atoms with Crippen molar-refractivity contribution in [1.29, 1.82) is 0 Å². The second-order valence-corrected chi connectivity index (χ2v) is 3.78. The largest absolute Gasteiger partial charge is 0.265 e. The van der Waals surface area contributed by atoms with Crippen LogP contribution in [0.2, 0.25) is 0 Å². The average Bonchev–Trinajstić information content (AvgIpc) is 2.98. The Morgan fingerprint density at radius 3 is 2.71 bits per heavy atom. The Kier molecular flexibility index (Phi) is 2.48. The van der Waals surface area contributed by atoms with Gasteiger partial charge in [0, 0.05) is 11.3 Å². The Labute approximate surface area is 82.9 Å². The van der Waals surface area contributed by atoms with E-state index in [0.29, 0.717) is 12.3 Å². The van der Waals surface area contributed by atoms with Crippen molar-refractivity contribution in [2.75, 3.05) is 6.54 Å². The van der Waals surface area contributed by atoms with Crippen molar-refractivity contribution in [2.45, 2.75) is 25.2 Å². The summed E-state index contributed by atoms with van der Waals surface area (Å²) in [4.78, 5) is 10.0. The van der Waals surface area contributed by atoms with Gasteiger partial charge in [-0.05, 0) is 29.9 Å². The first-order chi connectivity index (χ1) is 6.77. The first-order valence-corrected chi connectivity index (χ1v) is 4.97. The first kappa shape index (κ1) is 9.19. The summed E-state index contributed by atoms with van der Waals surface area (Å²) in [5, 5.41) is 10.3. The lowest BCUT2D eigenvalue weighted by Gasteiger charge is -2.05. The molecule has 2 rings (SSSR count). The van der Waals surface area contributed by atoms with Crippen molar-refractivity contribution in [3.8, 4) is 0 Å². The maximum Gasteiger partial charge on any atom is 0.207 e. The Hall–Kier alpha value is -1.38. The van der Waals surface area contributed by atoms with E-state index in [1.807, 2.05) is 18.2 Å². The predicted octanol–water partition coefficient (Wildman–Crippen LogP) is 2.38. The molecule has 74 valence electrons. The summed E-state index contributed by atoms with van der Waals surface area (Å²) < 4.78 is 0. The fourth-order valence-corrected chi connectivity index (χ4v) is 1.77. The summed E-state index contributed by atoms with van der Waals surface area (Å²) in [6, 6.07) is 8.09. The quantitative estimate of drug-likeness (QED) is 0.541. The summed E-state index contributed by atoms with van der Waals surface area (Å²) >= 11 is 0. The third kappa shape index (κ3) is 2.10. The van der Waals surface area contributed by atoms with Crippen LogP contribution in [0.25, 0.3) is 0 Å². The SMILES string of the molecule is O=[N+]([O-])CCc1ccccc1C1CC1. The molecular weight excluding hydrogens is 178 g/mol. The molecule has 1 aromatic carbocycles. The van der Waals surface area contributed by atoms with Crippen molar-refractivity contribution in [3.63, 3.8) is 0 Å². The van der Waals surface area contributed by atoms with Gasteiger partial charge in [-0.2, -0.15) is 0 Å². The van der Waals surface area contributed by atoms with Gasteiger partial charge < -0.3 is 0 Å². The van der Waals surface area contributed by atoms with Crippen LogP contribution in [0.15, 0.2) is 24.3 Å². The van der Waals surface area contributed by atoms with E-state index < -0.39 is 0 Å². The minimum atomic E-state index is -0.246. The number of hydrogen-bond donors (Lipinski definition) is 0. The molecule has 0 heterocycles. The highest BCUT2D eigenvalue weighted by molar-refractivity contribution is 5.33. The van der Waals surface area contributed by atoms with E-state index in [1.165, 1.54) is 18.4 Å². The van der Waals surface area contributed by atoms with E-state index in [9.17, 15) is 10.1 Å². The van der Waals surface area contributed by atoms with Crippen LogP contribution in [0, 0.1) is 10.1 Å². The Balaban J connectivity index is 2.10. The standard InChI is InChI=1S/C11H13NO2/c13-12(14)8-7-9-3-1-2-4-11(9)10-5-6-10/h1-4,10H,5-8H2. The fourth-order valence-electron chi connectivity index (χ4n) is 1.77. The van der Waals surface area contributed by atoms with Crippen LogP contribution in [0.5, 0.6) is 0 Å². The van der Waals surface area contributed by atoms with Gasteiger partial charge >= 0.3 is 0 Å². The van der Waals surface area contributed by atoms with Crippen LogP contribution >= 0.6 is 0 Å². The van der Waals surface area contributed by atoms with Gasteiger partial charge in [0.25, 0.3) is 0 Å². The Bertz CT molecular complexity index is 345. The Morgan fingerprint density at radius 2 is 2.07 bits per heavy atom. The molecule has 0 aromatic heterocycles. The van der Waals surface area contributed by atoms with Crippen LogP contribution in [-0.4, -0.2) is 11.5 Å². The highest BCUT2D eigenvalue weighted by Crippen LogP contribution is 2.41. The maximum absolute atomic E-state index is 10.3. The van der Waals surface area contributed by atoms with Gasteiger partial charge in [0.05, 0.1) is 0 Å². The Morgan fingerprint density at radius 1 is 1.36 bits per heavy atom. The van der Waals surface area contributed by atoms with Gasteiger partial charge in [-0.15, -0.1) is 0 Å². The van der Waals surface area contributed by atoms with Crippen molar-refractivity contribution in [1.82, 2.24) is 0 Å². The number of nitro groups is 1. The molecule has 1 aliphatic rings. The zero-order valence-corrected chi connectivity index (χ0v) is 7.98. The molecule has 3 nitrogen and oxygen atoms in total. The summed E-state index contributed by atoms with van der Waals surface area (Å²) in [5.74, 6) is 0.679. The number of hydrogen-bond acceptors (Lipinski definition) is 2. The highest BCUT2D eigenvalue weighted by atomic mass is 16.6. The molecule has 1 fully saturated rings. The third-order valence-electron chi connectivity index (χ3n) is 2.64. The van der Waals surface area contributed by atoms with Crippen molar-refractivity contribution in [2.24, 2.45) is 0 Å². The van der Waals surface area contributed by atoms with Crippen molar-refractivity contribution >= 4 is 0 Å². The third-order valence-corrected chi connectivity index (χ3v) is 2.64. The molecule has 1 aromatic rings. The van der Waals surface area contributed by atoms with Crippen LogP contribution in [-0.2, 0) is 6.42 Å². The molecule has 0 saturated heterocycles. The predicted molar refractivity (Wildman–Crippen MR) is 54.0 cm³/mol. The summed E-state index contributed by atoms with van der Waals surface area (Å²) in [7, 11) is 0. The minimum Gasteiger partial charge on any atom is -0.265 e. The van der Waals surface area contributed by atoms with Crippen LogP contribution in [0.3, 0.4) is 0 Å². The summed E-state index contributed by atoms with van der Waals surface area (Å²) in [6.07, 6.45) is 3.06. The van der Waals surface area contributed by atoms with E-state index >= 15 is 0 Å². The lowest BCUT2D eigenvalue weighted by Crippen LogP contribution is -2.05. The molecule has 0 N–H and O–H groups in total. The summed E-state index contributed by atoms with van der Waals surface area (Å²) in [5.41, 5.74) is 2.49. The van der Waals surface area contributed by atoms with E-state index in [2.05, 4.69) is 6.07 Å². The van der Waals surface area contributed by atoms with Gasteiger partial charge in [-0.25, -0.2) is 0 Å². The molecule has 3 heteroatoms. The van der Waals surface area contributed by atoms with Crippen molar-refractivity contribution < 1.29 is 4.92 Å². The molecule has 1 aliphatic carbocycles. The van der Waals surface area contributed by atoms with Gasteiger partial charge in [0.15, 0.2) is 0 Å². The summed E-state index contributed by atoms with van der Waals surface area (Å²) in [6.45, 7) is 0.0454. The topological polar surface area (TPSA) is 43.1 Å². The highest BCUT2D eigenvalue weighted by Gasteiger charge is 2.25.